The lowest BCUT2D eigenvalue weighted by molar-refractivity contribution is 0.100. The molecule has 0 saturated carbocycles. The number of nitrogens with one attached hydrogen (secondary N) is 2. The number of benzene rings is 1. The summed E-state index contributed by atoms with van der Waals surface area (Å²) >= 11 is 6.76. The van der Waals surface area contributed by atoms with Gasteiger partial charge in [0, 0.05) is 5.39 Å². The van der Waals surface area contributed by atoms with Crippen molar-refractivity contribution < 1.29 is 18.4 Å². The molecule has 30 heavy (non-hydrogen) atoms. The molecule has 0 unspecified atom stereocenters. The molecule has 0 spiro atoms. The Morgan fingerprint density at radius 3 is 2.57 bits per heavy atom. The van der Waals surface area contributed by atoms with E-state index in [2.05, 4.69) is 20.5 Å². The van der Waals surface area contributed by atoms with Gasteiger partial charge in [0.25, 0.3) is 18.2 Å². The molecule has 11 heteroatoms. The average Bonchev–Trinajstić information content (AvgIpc) is 3.31. The number of halogens is 3. The molecule has 0 aliphatic rings. The Hall–Kier alpha value is -3.37. The van der Waals surface area contributed by atoms with Gasteiger partial charge < -0.3 is 11.1 Å². The van der Waals surface area contributed by atoms with Crippen LogP contribution in [0.1, 0.15) is 32.3 Å². The summed E-state index contributed by atoms with van der Waals surface area (Å²) < 4.78 is 26.9. The maximum Gasteiger partial charge on any atom is 0.280 e. The normalized spacial score (nSPS) is 11.2. The summed E-state index contributed by atoms with van der Waals surface area (Å²) in [6.45, 7) is 0. The van der Waals surface area contributed by atoms with Gasteiger partial charge in [0.15, 0.2) is 0 Å². The van der Waals surface area contributed by atoms with Gasteiger partial charge in [-0.25, -0.2) is 13.8 Å². The second kappa shape index (κ2) is 7.81. The standard InChI is InChI=1S/C19H12ClF2N5O2S/c20-10-7-24-27-13(10)18(29)26-14-12-9(8-4-2-1-3-5-8)6-11(16(21)22)25-19(12)30-15(14)17(23)28/h1-7,16H,(H2,23,28)(H,24,27)(H,26,29). The van der Waals surface area contributed by atoms with Gasteiger partial charge in [-0.05, 0) is 17.2 Å². The minimum absolute atomic E-state index is 0.0231. The van der Waals surface area contributed by atoms with Crippen LogP contribution in [0.2, 0.25) is 5.02 Å². The zero-order valence-electron chi connectivity index (χ0n) is 14.9. The number of pyridine rings is 1. The van der Waals surface area contributed by atoms with Crippen LogP contribution < -0.4 is 11.1 Å². The van der Waals surface area contributed by atoms with Gasteiger partial charge in [0.1, 0.15) is 21.1 Å². The number of nitrogens with two attached hydrogens (primary N) is 1. The molecule has 152 valence electrons. The summed E-state index contributed by atoms with van der Waals surface area (Å²) in [5.41, 5.74) is 6.08. The molecule has 0 bridgehead atoms. The fraction of sp³-hybridized carbons (Fsp3) is 0.0526. The number of fused-ring (bicyclic) bond motifs is 1. The summed E-state index contributed by atoms with van der Waals surface area (Å²) in [6, 6.07) is 9.95. The topological polar surface area (TPSA) is 114 Å². The number of primary amides is 1. The lowest BCUT2D eigenvalue weighted by atomic mass is 10.0. The fourth-order valence-corrected chi connectivity index (χ4v) is 4.17. The van der Waals surface area contributed by atoms with E-state index in [1.165, 1.54) is 12.3 Å². The largest absolute Gasteiger partial charge is 0.365 e. The average molecular weight is 448 g/mol. The van der Waals surface area contributed by atoms with Gasteiger partial charge in [-0.3, -0.25) is 14.7 Å². The number of rotatable bonds is 5. The van der Waals surface area contributed by atoms with Crippen molar-refractivity contribution in [3.05, 3.63) is 63.9 Å². The van der Waals surface area contributed by atoms with Gasteiger partial charge in [-0.1, -0.05) is 41.9 Å². The van der Waals surface area contributed by atoms with Crippen LogP contribution in [0.5, 0.6) is 0 Å². The highest BCUT2D eigenvalue weighted by molar-refractivity contribution is 7.21. The molecule has 2 amide bonds. The third kappa shape index (κ3) is 3.51. The highest BCUT2D eigenvalue weighted by atomic mass is 35.5. The Morgan fingerprint density at radius 1 is 1.23 bits per heavy atom. The molecule has 0 aliphatic carbocycles. The zero-order valence-corrected chi connectivity index (χ0v) is 16.5. The number of aromatic amines is 1. The first-order valence-electron chi connectivity index (χ1n) is 8.47. The molecule has 3 heterocycles. The molecule has 7 nitrogen and oxygen atoms in total. The van der Waals surface area contributed by atoms with Gasteiger partial charge in [0.05, 0.1) is 16.9 Å². The first kappa shape index (κ1) is 19.9. The lowest BCUT2D eigenvalue weighted by Crippen LogP contribution is -2.17. The van der Waals surface area contributed by atoms with Crippen molar-refractivity contribution in [2.24, 2.45) is 5.73 Å². The molecule has 4 aromatic rings. The number of hydrogen-bond donors (Lipinski definition) is 3. The van der Waals surface area contributed by atoms with Crippen LogP contribution in [-0.2, 0) is 0 Å². The monoisotopic (exact) mass is 447 g/mol. The van der Waals surface area contributed by atoms with Crippen molar-refractivity contribution in [3.63, 3.8) is 0 Å². The molecule has 4 rings (SSSR count). The van der Waals surface area contributed by atoms with Crippen LogP contribution in [0.15, 0.2) is 42.6 Å². The molecule has 0 radical (unpaired) electrons. The summed E-state index contributed by atoms with van der Waals surface area (Å²) in [4.78, 5) is 28.8. The van der Waals surface area contributed by atoms with Crippen LogP contribution in [0.25, 0.3) is 21.3 Å². The summed E-state index contributed by atoms with van der Waals surface area (Å²) in [7, 11) is 0. The third-order valence-corrected chi connectivity index (χ3v) is 5.66. The minimum Gasteiger partial charge on any atom is -0.365 e. The van der Waals surface area contributed by atoms with E-state index in [0.29, 0.717) is 16.5 Å². The molecule has 0 fully saturated rings. The predicted octanol–water partition coefficient (Wildman–Crippen LogP) is 4.63. The first-order chi connectivity index (χ1) is 14.4. The Balaban J connectivity index is 1.98. The number of H-pyrrole nitrogens is 1. The van der Waals surface area contributed by atoms with Crippen molar-refractivity contribution >= 4 is 50.7 Å². The minimum atomic E-state index is -2.82. The summed E-state index contributed by atoms with van der Waals surface area (Å²) in [5, 5.41) is 9.16. The number of nitrogens with zero attached hydrogens (tertiary/aromatic N) is 2. The van der Waals surface area contributed by atoms with Crippen LogP contribution in [0.3, 0.4) is 0 Å². The van der Waals surface area contributed by atoms with Crippen LogP contribution in [0, 0.1) is 0 Å². The first-order valence-corrected chi connectivity index (χ1v) is 9.67. The van der Waals surface area contributed by atoms with Crippen molar-refractivity contribution in [1.82, 2.24) is 15.2 Å². The van der Waals surface area contributed by atoms with Crippen molar-refractivity contribution in [2.45, 2.75) is 6.43 Å². The molecule has 4 N–H and O–H groups in total. The van der Waals surface area contributed by atoms with E-state index in [1.54, 1.807) is 30.3 Å². The Labute approximate surface area is 176 Å². The smallest absolute Gasteiger partial charge is 0.280 e. The number of hydrogen-bond acceptors (Lipinski definition) is 5. The maximum absolute atomic E-state index is 13.5. The summed E-state index contributed by atoms with van der Waals surface area (Å²) in [5.74, 6) is -1.50. The van der Waals surface area contributed by atoms with E-state index in [0.717, 1.165) is 11.3 Å². The van der Waals surface area contributed by atoms with Crippen molar-refractivity contribution in [3.8, 4) is 11.1 Å². The zero-order chi connectivity index (χ0) is 21.4. The summed E-state index contributed by atoms with van der Waals surface area (Å²) in [6.07, 6.45) is -1.57. The van der Waals surface area contributed by atoms with Crippen LogP contribution in [-0.4, -0.2) is 27.0 Å². The SMILES string of the molecule is NC(=O)c1sc2nc(C(F)F)cc(-c3ccccc3)c2c1NC(=O)c1[nH]ncc1Cl. The number of carbonyl (C=O) groups is 2. The lowest BCUT2D eigenvalue weighted by Gasteiger charge is -2.10. The number of thiophene rings is 1. The highest BCUT2D eigenvalue weighted by Gasteiger charge is 2.26. The van der Waals surface area contributed by atoms with Gasteiger partial charge in [-0.15, -0.1) is 11.3 Å². The Morgan fingerprint density at radius 2 is 1.97 bits per heavy atom. The molecule has 0 saturated heterocycles. The van der Waals surface area contributed by atoms with Gasteiger partial charge >= 0.3 is 0 Å². The number of amides is 2. The Kier molecular flexibility index (Phi) is 5.18. The van der Waals surface area contributed by atoms with E-state index in [-0.39, 0.29) is 26.1 Å². The van der Waals surface area contributed by atoms with Crippen molar-refractivity contribution in [2.75, 3.05) is 5.32 Å². The van der Waals surface area contributed by atoms with Gasteiger partial charge in [0.2, 0.25) is 0 Å². The molecule has 1 aromatic carbocycles. The number of anilines is 1. The Bertz CT molecular complexity index is 1270. The van der Waals surface area contributed by atoms with E-state index in [9.17, 15) is 18.4 Å². The number of aromatic nitrogens is 3. The molecule has 0 atom stereocenters. The fourth-order valence-electron chi connectivity index (χ4n) is 2.97. The van der Waals surface area contributed by atoms with Gasteiger partial charge in [-0.2, -0.15) is 5.10 Å². The van der Waals surface area contributed by atoms with E-state index < -0.39 is 23.9 Å². The molecule has 0 aliphatic heterocycles. The van der Waals surface area contributed by atoms with E-state index in [1.807, 2.05) is 0 Å². The second-order valence-electron chi connectivity index (χ2n) is 6.16. The van der Waals surface area contributed by atoms with E-state index >= 15 is 0 Å². The number of alkyl halides is 2. The predicted molar refractivity (Wildman–Crippen MR) is 110 cm³/mol. The second-order valence-corrected chi connectivity index (χ2v) is 7.57. The van der Waals surface area contributed by atoms with Crippen molar-refractivity contribution in [1.29, 1.82) is 0 Å². The highest BCUT2D eigenvalue weighted by Crippen LogP contribution is 2.42. The number of carbonyl (C=O) groups excluding carboxylic acids is 2. The molecule has 3 aromatic heterocycles. The molecular weight excluding hydrogens is 436 g/mol. The van der Waals surface area contributed by atoms with Crippen LogP contribution >= 0.6 is 22.9 Å². The van der Waals surface area contributed by atoms with Crippen LogP contribution in [0.4, 0.5) is 14.5 Å². The quantitative estimate of drug-likeness (QED) is 0.414. The third-order valence-electron chi connectivity index (χ3n) is 4.27. The molecular formula is C19H12ClF2N5O2S. The van der Waals surface area contributed by atoms with E-state index in [4.69, 9.17) is 17.3 Å². The maximum atomic E-state index is 13.5.